The summed E-state index contributed by atoms with van der Waals surface area (Å²) in [4.78, 5) is 10.9. The predicted molar refractivity (Wildman–Crippen MR) is 63.5 cm³/mol. The summed E-state index contributed by atoms with van der Waals surface area (Å²) < 4.78 is 11.6. The van der Waals surface area contributed by atoms with Gasteiger partial charge in [0, 0.05) is 19.3 Å². The Morgan fingerprint density at radius 2 is 2.12 bits per heavy atom. The number of carbonyl (C=O) groups is 1. The van der Waals surface area contributed by atoms with Gasteiger partial charge in [-0.05, 0) is 30.6 Å². The number of carbonyl (C=O) groups excluding carboxylic acids is 1. The van der Waals surface area contributed by atoms with Gasteiger partial charge in [0.2, 0.25) is 0 Å². The van der Waals surface area contributed by atoms with Gasteiger partial charge in [-0.3, -0.25) is 0 Å². The molecule has 1 heterocycles. The van der Waals surface area contributed by atoms with Crippen LogP contribution in [0.1, 0.15) is 38.5 Å². The molecule has 1 saturated heterocycles. The third-order valence-electron chi connectivity index (χ3n) is 4.75. The van der Waals surface area contributed by atoms with E-state index in [2.05, 4.69) is 12.2 Å². The molecule has 3 heteroatoms. The Kier molecular flexibility index (Phi) is 2.83. The molecule has 3 nitrogen and oxygen atoms in total. The van der Waals surface area contributed by atoms with E-state index >= 15 is 0 Å². The number of hydrogen-bond acceptors (Lipinski definition) is 3. The van der Waals surface area contributed by atoms with Crippen LogP contribution in [0, 0.1) is 11.3 Å². The summed E-state index contributed by atoms with van der Waals surface area (Å²) in [5.41, 5.74) is 0.0978. The largest absolute Gasteiger partial charge is 0.348 e. The normalized spacial score (nSPS) is 39.2. The molecule has 0 aromatic carbocycles. The van der Waals surface area contributed by atoms with E-state index in [0.29, 0.717) is 12.3 Å². The summed E-state index contributed by atoms with van der Waals surface area (Å²) in [6.45, 7) is 1.45. The van der Waals surface area contributed by atoms with Crippen LogP contribution in [-0.2, 0) is 14.3 Å². The average molecular weight is 236 g/mol. The first-order chi connectivity index (χ1) is 8.29. The number of rotatable bonds is 2. The lowest BCUT2D eigenvalue weighted by Gasteiger charge is -2.49. The first-order valence-corrected chi connectivity index (χ1v) is 6.68. The summed E-state index contributed by atoms with van der Waals surface area (Å²) in [6.07, 6.45) is 11.5. The zero-order valence-electron chi connectivity index (χ0n) is 10.2. The predicted octanol–water partition coefficient (Wildman–Crippen LogP) is 2.46. The molecule has 0 radical (unpaired) electrons. The Morgan fingerprint density at radius 3 is 2.88 bits per heavy atom. The van der Waals surface area contributed by atoms with Gasteiger partial charge in [0.25, 0.3) is 0 Å². The molecule has 17 heavy (non-hydrogen) atoms. The molecule has 0 aromatic rings. The number of allylic oxidation sites excluding steroid dienone is 2. The van der Waals surface area contributed by atoms with E-state index < -0.39 is 0 Å². The Labute approximate surface area is 102 Å². The Balaban J connectivity index is 1.82. The third kappa shape index (κ3) is 1.85. The topological polar surface area (TPSA) is 35.5 Å². The standard InChI is InChI=1S/C14H20O3/c15-8-7-13-4-2-1-3-12(13)11-14(6-5-13)16-9-10-17-14/h2,4,8,12H,1,3,5-7,9-11H2/t12-,13+/m1/s1. The molecule has 2 aliphatic carbocycles. The molecule has 0 N–H and O–H groups in total. The summed E-state index contributed by atoms with van der Waals surface area (Å²) in [5, 5.41) is 0. The molecule has 1 saturated carbocycles. The van der Waals surface area contributed by atoms with E-state index in [1.807, 2.05) is 0 Å². The molecule has 0 amide bonds. The fraction of sp³-hybridized carbons (Fsp3) is 0.786. The number of hydrogen-bond donors (Lipinski definition) is 0. The molecule has 94 valence electrons. The zero-order valence-corrected chi connectivity index (χ0v) is 10.2. The van der Waals surface area contributed by atoms with Crippen molar-refractivity contribution in [1.82, 2.24) is 0 Å². The highest BCUT2D eigenvalue weighted by molar-refractivity contribution is 5.52. The van der Waals surface area contributed by atoms with Crippen molar-refractivity contribution in [1.29, 1.82) is 0 Å². The van der Waals surface area contributed by atoms with Crippen LogP contribution in [-0.4, -0.2) is 25.3 Å². The Morgan fingerprint density at radius 1 is 1.29 bits per heavy atom. The van der Waals surface area contributed by atoms with Gasteiger partial charge >= 0.3 is 0 Å². The van der Waals surface area contributed by atoms with E-state index in [1.165, 1.54) is 6.42 Å². The minimum absolute atomic E-state index is 0.0978. The van der Waals surface area contributed by atoms with Crippen molar-refractivity contribution in [2.24, 2.45) is 11.3 Å². The number of fused-ring (bicyclic) bond motifs is 1. The minimum atomic E-state index is -0.317. The van der Waals surface area contributed by atoms with Crippen molar-refractivity contribution < 1.29 is 14.3 Å². The van der Waals surface area contributed by atoms with Crippen LogP contribution in [0.15, 0.2) is 12.2 Å². The van der Waals surface area contributed by atoms with Crippen LogP contribution in [0.2, 0.25) is 0 Å². The van der Waals surface area contributed by atoms with Crippen LogP contribution in [0.25, 0.3) is 0 Å². The maximum atomic E-state index is 10.9. The molecule has 0 bridgehead atoms. The molecule has 2 fully saturated rings. The summed E-state index contributed by atoms with van der Waals surface area (Å²) in [6, 6.07) is 0. The van der Waals surface area contributed by atoms with Gasteiger partial charge in [-0.15, -0.1) is 0 Å². The van der Waals surface area contributed by atoms with Crippen LogP contribution in [0.4, 0.5) is 0 Å². The van der Waals surface area contributed by atoms with E-state index in [0.717, 1.165) is 45.2 Å². The maximum absolute atomic E-state index is 10.9. The fourth-order valence-corrected chi connectivity index (χ4v) is 3.78. The summed E-state index contributed by atoms with van der Waals surface area (Å²) in [7, 11) is 0. The molecule has 1 aliphatic heterocycles. The van der Waals surface area contributed by atoms with Gasteiger partial charge < -0.3 is 14.3 Å². The van der Waals surface area contributed by atoms with Crippen LogP contribution in [0.5, 0.6) is 0 Å². The molecule has 1 spiro atoms. The average Bonchev–Trinajstić information content (AvgIpc) is 2.79. The quantitative estimate of drug-likeness (QED) is 0.545. The molecular weight excluding hydrogens is 216 g/mol. The molecule has 0 unspecified atom stereocenters. The van der Waals surface area contributed by atoms with Gasteiger partial charge in [-0.25, -0.2) is 0 Å². The van der Waals surface area contributed by atoms with Crippen LogP contribution in [0.3, 0.4) is 0 Å². The van der Waals surface area contributed by atoms with Gasteiger partial charge in [-0.2, -0.15) is 0 Å². The van der Waals surface area contributed by atoms with E-state index in [-0.39, 0.29) is 11.2 Å². The Hall–Kier alpha value is -0.670. The first kappa shape index (κ1) is 11.4. The second-order valence-electron chi connectivity index (χ2n) is 5.59. The van der Waals surface area contributed by atoms with Gasteiger partial charge in [0.15, 0.2) is 5.79 Å². The van der Waals surface area contributed by atoms with Crippen molar-refractivity contribution in [2.45, 2.75) is 44.3 Å². The third-order valence-corrected chi connectivity index (χ3v) is 4.75. The minimum Gasteiger partial charge on any atom is -0.348 e. The summed E-state index contributed by atoms with van der Waals surface area (Å²) in [5.74, 6) is 0.229. The second kappa shape index (κ2) is 4.21. The smallest absolute Gasteiger partial charge is 0.168 e. The van der Waals surface area contributed by atoms with Crippen molar-refractivity contribution in [3.05, 3.63) is 12.2 Å². The van der Waals surface area contributed by atoms with Gasteiger partial charge in [0.05, 0.1) is 13.2 Å². The highest BCUT2D eigenvalue weighted by Crippen LogP contribution is 2.53. The van der Waals surface area contributed by atoms with Crippen molar-refractivity contribution >= 4 is 6.29 Å². The number of aldehydes is 1. The Bertz CT molecular complexity index is 330. The lowest BCUT2D eigenvalue weighted by Crippen LogP contribution is -2.46. The first-order valence-electron chi connectivity index (χ1n) is 6.68. The van der Waals surface area contributed by atoms with E-state index in [1.54, 1.807) is 0 Å². The highest BCUT2D eigenvalue weighted by Gasteiger charge is 2.51. The molecular formula is C14H20O3. The fourth-order valence-electron chi connectivity index (χ4n) is 3.78. The lowest BCUT2D eigenvalue weighted by molar-refractivity contribution is -0.204. The molecule has 0 aromatic heterocycles. The highest BCUT2D eigenvalue weighted by atomic mass is 16.7. The van der Waals surface area contributed by atoms with Crippen molar-refractivity contribution in [3.63, 3.8) is 0 Å². The molecule has 3 aliphatic rings. The lowest BCUT2D eigenvalue weighted by atomic mass is 9.59. The van der Waals surface area contributed by atoms with Crippen molar-refractivity contribution in [2.75, 3.05) is 13.2 Å². The monoisotopic (exact) mass is 236 g/mol. The van der Waals surface area contributed by atoms with Crippen LogP contribution < -0.4 is 0 Å². The van der Waals surface area contributed by atoms with E-state index in [9.17, 15) is 4.79 Å². The van der Waals surface area contributed by atoms with Gasteiger partial charge in [-0.1, -0.05) is 12.2 Å². The van der Waals surface area contributed by atoms with Crippen molar-refractivity contribution in [3.8, 4) is 0 Å². The number of ether oxygens (including phenoxy) is 2. The molecule has 3 rings (SSSR count). The second-order valence-corrected chi connectivity index (χ2v) is 5.59. The van der Waals surface area contributed by atoms with E-state index in [4.69, 9.17) is 9.47 Å². The zero-order chi connectivity index (χ0) is 11.8. The maximum Gasteiger partial charge on any atom is 0.168 e. The SMILES string of the molecule is O=CC[C@@]12C=CCC[C@@H]1CC1(CC2)OCCO1. The molecule has 2 atom stereocenters. The summed E-state index contributed by atoms with van der Waals surface area (Å²) >= 11 is 0. The van der Waals surface area contributed by atoms with Crippen LogP contribution >= 0.6 is 0 Å². The van der Waals surface area contributed by atoms with Gasteiger partial charge in [0.1, 0.15) is 6.29 Å².